The van der Waals surface area contributed by atoms with Gasteiger partial charge in [-0.15, -0.1) is 0 Å². The summed E-state index contributed by atoms with van der Waals surface area (Å²) in [5.41, 5.74) is 2.77. The van der Waals surface area contributed by atoms with Crippen LogP contribution in [0.3, 0.4) is 0 Å². The Kier molecular flexibility index (Phi) is 6.19. The molecular weight excluding hydrogens is 308 g/mol. The Morgan fingerprint density at radius 2 is 1.04 bits per heavy atom. The van der Waals surface area contributed by atoms with Crippen LogP contribution < -0.4 is 9.47 Å². The maximum absolute atomic E-state index is 8.72. The van der Waals surface area contributed by atoms with Gasteiger partial charge in [-0.05, 0) is 73.5 Å². The van der Waals surface area contributed by atoms with E-state index in [0.29, 0.717) is 24.6 Å². The quantitative estimate of drug-likeness (QED) is 0.352. The van der Waals surface area contributed by atoms with Crippen LogP contribution in [0, 0.1) is 0 Å². The van der Waals surface area contributed by atoms with E-state index in [-0.39, 0.29) is 0 Å². The highest BCUT2D eigenvalue weighted by molar-refractivity contribution is 5.98. The summed E-state index contributed by atoms with van der Waals surface area (Å²) in [6, 6.07) is 14.6. The lowest BCUT2D eigenvalue weighted by Crippen LogP contribution is -2.09. The number of hydrogen-bond donors (Lipinski definition) is 2. The predicted octanol–water partition coefficient (Wildman–Crippen LogP) is 3.54. The largest absolute Gasteiger partial charge is 0.490 e. The molecule has 2 N–H and O–H groups in total. The molecule has 0 spiro atoms. The molecule has 0 bridgehead atoms. The summed E-state index contributed by atoms with van der Waals surface area (Å²) >= 11 is 0. The lowest BCUT2D eigenvalue weighted by molar-refractivity contribution is 0.217. The second-order valence-corrected chi connectivity index (χ2v) is 5.12. The highest BCUT2D eigenvalue weighted by atomic mass is 16.5. The predicted molar refractivity (Wildman–Crippen MR) is 91.9 cm³/mol. The Bertz CT molecular complexity index is 643. The fourth-order valence-corrected chi connectivity index (χ4v) is 2.02. The van der Waals surface area contributed by atoms with Crippen LogP contribution in [0.15, 0.2) is 58.8 Å². The molecule has 126 valence electrons. The molecule has 0 amide bonds. The van der Waals surface area contributed by atoms with Crippen molar-refractivity contribution in [2.45, 2.75) is 13.8 Å². The zero-order valence-electron chi connectivity index (χ0n) is 13.6. The molecule has 6 heteroatoms. The average Bonchev–Trinajstić information content (AvgIpc) is 2.65. The van der Waals surface area contributed by atoms with Crippen molar-refractivity contribution in [3.63, 3.8) is 0 Å². The van der Waals surface area contributed by atoms with Gasteiger partial charge in [-0.2, -0.15) is 0 Å². The molecule has 0 atom stereocenters. The molecule has 0 aliphatic carbocycles. The summed E-state index contributed by atoms with van der Waals surface area (Å²) in [7, 11) is 0. The van der Waals surface area contributed by atoms with E-state index in [1.54, 1.807) is 13.8 Å². The van der Waals surface area contributed by atoms with Crippen LogP contribution in [-0.2, 0) is 0 Å². The third kappa shape index (κ3) is 4.74. The minimum Gasteiger partial charge on any atom is -0.490 e. The van der Waals surface area contributed by atoms with Crippen molar-refractivity contribution >= 4 is 11.4 Å². The zero-order valence-corrected chi connectivity index (χ0v) is 13.6. The molecule has 2 aromatic rings. The molecule has 6 nitrogen and oxygen atoms in total. The van der Waals surface area contributed by atoms with E-state index < -0.39 is 0 Å². The number of ether oxygens (including phenoxy) is 2. The van der Waals surface area contributed by atoms with Crippen LogP contribution in [0.5, 0.6) is 11.5 Å². The Hall–Kier alpha value is -3.02. The van der Waals surface area contributed by atoms with Gasteiger partial charge in [-0.25, -0.2) is 0 Å². The first kappa shape index (κ1) is 17.3. The molecule has 0 saturated heterocycles. The maximum Gasteiger partial charge on any atom is 0.122 e. The standard InChI is InChI=1S/C18H20N2O4/c1-13(19-21)15-3-7-17(8-4-15)23-11-12-24-18-9-5-16(6-10-18)14(2)20-22/h3-10,21-22H,11-12H2,1-2H3/b19-13-,20-14-. The first-order chi connectivity index (χ1) is 11.6. The molecule has 24 heavy (non-hydrogen) atoms. The third-order valence-corrected chi connectivity index (χ3v) is 3.46. The van der Waals surface area contributed by atoms with Gasteiger partial charge in [0.15, 0.2) is 0 Å². The summed E-state index contributed by atoms with van der Waals surface area (Å²) in [5, 5.41) is 23.8. The van der Waals surface area contributed by atoms with Crippen LogP contribution in [-0.4, -0.2) is 35.1 Å². The smallest absolute Gasteiger partial charge is 0.122 e. The second-order valence-electron chi connectivity index (χ2n) is 5.12. The number of benzene rings is 2. The van der Waals surface area contributed by atoms with Gasteiger partial charge in [0.05, 0.1) is 11.4 Å². The topological polar surface area (TPSA) is 83.6 Å². The monoisotopic (exact) mass is 328 g/mol. The van der Waals surface area contributed by atoms with Crippen molar-refractivity contribution in [2.75, 3.05) is 13.2 Å². The fraction of sp³-hybridized carbons (Fsp3) is 0.222. The highest BCUT2D eigenvalue weighted by Gasteiger charge is 2.01. The summed E-state index contributed by atoms with van der Waals surface area (Å²) in [5.74, 6) is 1.44. The molecule has 0 saturated carbocycles. The lowest BCUT2D eigenvalue weighted by atomic mass is 10.1. The van der Waals surface area contributed by atoms with E-state index >= 15 is 0 Å². The Balaban J connectivity index is 1.78. The van der Waals surface area contributed by atoms with Crippen LogP contribution >= 0.6 is 0 Å². The minimum atomic E-state index is 0.408. The van der Waals surface area contributed by atoms with Crippen LogP contribution in [0.4, 0.5) is 0 Å². The van der Waals surface area contributed by atoms with Crippen LogP contribution in [0.2, 0.25) is 0 Å². The SMILES string of the molecule is C/C(=N/O)c1ccc(OCCOc2ccc(/C(C)=N\O)cc2)cc1. The Labute approximate surface area is 140 Å². The molecule has 0 aliphatic heterocycles. The van der Waals surface area contributed by atoms with Gasteiger partial charge in [0.25, 0.3) is 0 Å². The minimum absolute atomic E-state index is 0.408. The fourth-order valence-electron chi connectivity index (χ4n) is 2.02. The summed E-state index contributed by atoms with van der Waals surface area (Å²) in [4.78, 5) is 0. The summed E-state index contributed by atoms with van der Waals surface area (Å²) in [6.07, 6.45) is 0. The number of oxime groups is 2. The Morgan fingerprint density at radius 1 is 0.708 bits per heavy atom. The van der Waals surface area contributed by atoms with Crippen molar-refractivity contribution < 1.29 is 19.9 Å². The molecule has 0 aromatic heterocycles. The summed E-state index contributed by atoms with van der Waals surface area (Å²) < 4.78 is 11.2. The number of hydrogen-bond acceptors (Lipinski definition) is 6. The molecule has 0 radical (unpaired) electrons. The lowest BCUT2D eigenvalue weighted by Gasteiger charge is -2.09. The molecule has 0 fully saturated rings. The van der Waals surface area contributed by atoms with E-state index in [4.69, 9.17) is 19.9 Å². The molecule has 2 rings (SSSR count). The third-order valence-electron chi connectivity index (χ3n) is 3.46. The highest BCUT2D eigenvalue weighted by Crippen LogP contribution is 2.14. The first-order valence-electron chi connectivity index (χ1n) is 7.48. The molecule has 0 unspecified atom stereocenters. The van der Waals surface area contributed by atoms with Gasteiger partial charge < -0.3 is 19.9 Å². The number of nitrogens with zero attached hydrogens (tertiary/aromatic N) is 2. The Morgan fingerprint density at radius 3 is 1.33 bits per heavy atom. The maximum atomic E-state index is 8.72. The average molecular weight is 328 g/mol. The van der Waals surface area contributed by atoms with Gasteiger partial charge in [-0.3, -0.25) is 0 Å². The normalized spacial score (nSPS) is 12.1. The molecular formula is C18H20N2O4. The van der Waals surface area contributed by atoms with Gasteiger partial charge in [0.2, 0.25) is 0 Å². The van der Waals surface area contributed by atoms with Crippen molar-refractivity contribution in [3.8, 4) is 11.5 Å². The van der Waals surface area contributed by atoms with Gasteiger partial charge in [0, 0.05) is 0 Å². The van der Waals surface area contributed by atoms with E-state index in [9.17, 15) is 0 Å². The summed E-state index contributed by atoms with van der Waals surface area (Å²) in [6.45, 7) is 4.27. The second kappa shape index (κ2) is 8.57. The van der Waals surface area contributed by atoms with E-state index in [0.717, 1.165) is 22.6 Å². The van der Waals surface area contributed by atoms with Gasteiger partial charge >= 0.3 is 0 Å². The molecule has 0 aliphatic rings. The zero-order chi connectivity index (χ0) is 17.4. The van der Waals surface area contributed by atoms with Crippen molar-refractivity contribution in [3.05, 3.63) is 59.7 Å². The number of rotatable bonds is 7. The van der Waals surface area contributed by atoms with Crippen LogP contribution in [0.25, 0.3) is 0 Å². The van der Waals surface area contributed by atoms with E-state index in [1.165, 1.54) is 0 Å². The van der Waals surface area contributed by atoms with Crippen molar-refractivity contribution in [1.29, 1.82) is 0 Å². The van der Waals surface area contributed by atoms with Gasteiger partial charge in [0.1, 0.15) is 24.7 Å². The van der Waals surface area contributed by atoms with Gasteiger partial charge in [-0.1, -0.05) is 10.3 Å². The molecule has 2 aromatic carbocycles. The van der Waals surface area contributed by atoms with Crippen molar-refractivity contribution in [1.82, 2.24) is 0 Å². The van der Waals surface area contributed by atoms with Crippen LogP contribution in [0.1, 0.15) is 25.0 Å². The first-order valence-corrected chi connectivity index (χ1v) is 7.48. The van der Waals surface area contributed by atoms with Crippen molar-refractivity contribution in [2.24, 2.45) is 10.3 Å². The molecule has 0 heterocycles. The van der Waals surface area contributed by atoms with E-state index in [1.807, 2.05) is 48.5 Å². The van der Waals surface area contributed by atoms with E-state index in [2.05, 4.69) is 10.3 Å².